The Kier molecular flexibility index (Phi) is 2.93. The van der Waals surface area contributed by atoms with Crippen LogP contribution >= 0.6 is 15.9 Å². The third-order valence-electron chi connectivity index (χ3n) is 4.62. The molecular weight excluding hydrogens is 328 g/mol. The summed E-state index contributed by atoms with van der Waals surface area (Å²) in [6, 6.07) is 14.2. The lowest BCUT2D eigenvalue weighted by molar-refractivity contribution is 0.0500. The standard InChI is InChI=1S/C18H15BrO2/c19-14-5-6-16-15(11-14)17(20)18(21-16)9-7-12-3-1-2-4-13(12)8-10-18/h1-6,11H,7-10H2. The van der Waals surface area contributed by atoms with Crippen molar-refractivity contribution in [3.8, 4) is 5.75 Å². The molecule has 1 heterocycles. The van der Waals surface area contributed by atoms with Crippen molar-refractivity contribution in [1.29, 1.82) is 0 Å². The highest BCUT2D eigenvalue weighted by molar-refractivity contribution is 9.10. The van der Waals surface area contributed by atoms with Gasteiger partial charge in [0.05, 0.1) is 5.56 Å². The van der Waals surface area contributed by atoms with Gasteiger partial charge in [-0.2, -0.15) is 0 Å². The number of ether oxygens (including phenoxy) is 1. The van der Waals surface area contributed by atoms with Crippen LogP contribution in [0.15, 0.2) is 46.9 Å². The van der Waals surface area contributed by atoms with E-state index >= 15 is 0 Å². The van der Waals surface area contributed by atoms with Crippen LogP contribution in [0.5, 0.6) is 5.75 Å². The number of carbonyl (C=O) groups is 1. The van der Waals surface area contributed by atoms with Gasteiger partial charge in [0.25, 0.3) is 0 Å². The molecule has 2 aliphatic rings. The van der Waals surface area contributed by atoms with Gasteiger partial charge in [0.2, 0.25) is 5.78 Å². The number of halogens is 1. The van der Waals surface area contributed by atoms with Crippen molar-refractivity contribution in [2.24, 2.45) is 0 Å². The molecule has 2 nitrogen and oxygen atoms in total. The normalized spacial score (nSPS) is 18.8. The number of ketones is 1. The summed E-state index contributed by atoms with van der Waals surface area (Å²) < 4.78 is 7.07. The van der Waals surface area contributed by atoms with Gasteiger partial charge in [-0.15, -0.1) is 0 Å². The summed E-state index contributed by atoms with van der Waals surface area (Å²) in [5.74, 6) is 0.876. The van der Waals surface area contributed by atoms with Crippen LogP contribution < -0.4 is 4.74 Å². The first-order chi connectivity index (χ1) is 10.2. The zero-order valence-electron chi connectivity index (χ0n) is 11.6. The van der Waals surface area contributed by atoms with Crippen LogP contribution in [0.3, 0.4) is 0 Å². The Morgan fingerprint density at radius 3 is 2.33 bits per heavy atom. The maximum atomic E-state index is 12.9. The van der Waals surface area contributed by atoms with Gasteiger partial charge >= 0.3 is 0 Å². The molecule has 3 heteroatoms. The molecule has 106 valence electrons. The second-order valence-corrected chi connectivity index (χ2v) is 6.75. The molecule has 2 aromatic rings. The second kappa shape index (κ2) is 4.70. The summed E-state index contributed by atoms with van der Waals surface area (Å²) >= 11 is 3.44. The lowest BCUT2D eigenvalue weighted by atomic mass is 9.87. The molecule has 0 fully saturated rings. The Morgan fingerprint density at radius 2 is 1.67 bits per heavy atom. The first-order valence-electron chi connectivity index (χ1n) is 7.28. The highest BCUT2D eigenvalue weighted by atomic mass is 79.9. The molecule has 0 saturated carbocycles. The van der Waals surface area contributed by atoms with Crippen LogP contribution in [0.4, 0.5) is 0 Å². The van der Waals surface area contributed by atoms with Crippen LogP contribution in [0.1, 0.15) is 34.3 Å². The van der Waals surface area contributed by atoms with Gasteiger partial charge in [-0.05, 0) is 55.0 Å². The second-order valence-electron chi connectivity index (χ2n) is 5.83. The largest absolute Gasteiger partial charge is 0.478 e. The SMILES string of the molecule is O=C1c2cc(Br)ccc2OC12CCc1ccccc1CC2. The van der Waals surface area contributed by atoms with Gasteiger partial charge in [0.1, 0.15) is 5.75 Å². The van der Waals surface area contributed by atoms with Crippen molar-refractivity contribution >= 4 is 21.7 Å². The average molecular weight is 343 g/mol. The van der Waals surface area contributed by atoms with E-state index in [4.69, 9.17) is 4.74 Å². The summed E-state index contributed by atoms with van der Waals surface area (Å²) in [4.78, 5) is 12.9. The molecule has 0 unspecified atom stereocenters. The van der Waals surface area contributed by atoms with Gasteiger partial charge in [-0.3, -0.25) is 4.79 Å². The molecule has 21 heavy (non-hydrogen) atoms. The van der Waals surface area contributed by atoms with Gasteiger partial charge in [0.15, 0.2) is 5.60 Å². The molecule has 0 saturated heterocycles. The van der Waals surface area contributed by atoms with Crippen molar-refractivity contribution in [2.45, 2.75) is 31.3 Å². The summed E-state index contributed by atoms with van der Waals surface area (Å²) in [6.45, 7) is 0. The Morgan fingerprint density at radius 1 is 1.00 bits per heavy atom. The number of aryl methyl sites for hydroxylation is 2. The highest BCUT2D eigenvalue weighted by Crippen LogP contribution is 2.42. The fourth-order valence-electron chi connectivity index (χ4n) is 3.44. The lowest BCUT2D eigenvalue weighted by Gasteiger charge is -2.25. The summed E-state index contributed by atoms with van der Waals surface area (Å²) in [5, 5.41) is 0. The minimum atomic E-state index is -0.665. The molecule has 2 aromatic carbocycles. The zero-order chi connectivity index (χ0) is 14.4. The van der Waals surface area contributed by atoms with E-state index in [9.17, 15) is 4.79 Å². The highest BCUT2D eigenvalue weighted by Gasteiger charge is 2.48. The minimum absolute atomic E-state index is 0.145. The molecule has 0 N–H and O–H groups in total. The lowest BCUT2D eigenvalue weighted by Crippen LogP contribution is -2.40. The molecule has 1 spiro atoms. The van der Waals surface area contributed by atoms with Gasteiger partial charge in [-0.1, -0.05) is 40.2 Å². The van der Waals surface area contributed by atoms with Crippen LogP contribution in [0, 0.1) is 0 Å². The molecule has 0 atom stereocenters. The molecule has 0 bridgehead atoms. The first kappa shape index (κ1) is 13.1. The van der Waals surface area contributed by atoms with Crippen LogP contribution in [-0.2, 0) is 12.8 Å². The number of rotatable bonds is 0. The van der Waals surface area contributed by atoms with Crippen molar-refractivity contribution in [2.75, 3.05) is 0 Å². The first-order valence-corrected chi connectivity index (χ1v) is 8.07. The van der Waals surface area contributed by atoms with E-state index in [1.807, 2.05) is 18.2 Å². The van der Waals surface area contributed by atoms with Crippen LogP contribution in [0.25, 0.3) is 0 Å². The van der Waals surface area contributed by atoms with Gasteiger partial charge in [-0.25, -0.2) is 0 Å². The van der Waals surface area contributed by atoms with Crippen molar-refractivity contribution < 1.29 is 9.53 Å². The predicted molar refractivity (Wildman–Crippen MR) is 84.9 cm³/mol. The predicted octanol–water partition coefficient (Wildman–Crippen LogP) is 4.34. The minimum Gasteiger partial charge on any atom is -0.478 e. The molecule has 1 aliphatic carbocycles. The molecule has 0 amide bonds. The number of benzene rings is 2. The van der Waals surface area contributed by atoms with E-state index in [1.54, 1.807) is 0 Å². The fraction of sp³-hybridized carbons (Fsp3) is 0.278. The Labute approximate surface area is 132 Å². The van der Waals surface area contributed by atoms with E-state index in [2.05, 4.69) is 40.2 Å². The van der Waals surface area contributed by atoms with E-state index in [0.717, 1.165) is 41.5 Å². The van der Waals surface area contributed by atoms with Gasteiger partial charge < -0.3 is 4.74 Å². The smallest absolute Gasteiger partial charge is 0.210 e. The zero-order valence-corrected chi connectivity index (χ0v) is 13.2. The quantitative estimate of drug-likeness (QED) is 0.711. The maximum absolute atomic E-state index is 12.9. The van der Waals surface area contributed by atoms with Crippen molar-refractivity contribution in [3.05, 3.63) is 63.6 Å². The Hall–Kier alpha value is -1.61. The fourth-order valence-corrected chi connectivity index (χ4v) is 3.80. The monoisotopic (exact) mass is 342 g/mol. The Balaban J connectivity index is 1.70. The number of hydrogen-bond donors (Lipinski definition) is 0. The number of carbonyl (C=O) groups excluding carboxylic acids is 1. The topological polar surface area (TPSA) is 26.3 Å². The number of Topliss-reactive ketones (excluding diaryl/α,β-unsaturated/α-hetero) is 1. The molecular formula is C18H15BrO2. The number of fused-ring (bicyclic) bond motifs is 2. The van der Waals surface area contributed by atoms with E-state index in [-0.39, 0.29) is 5.78 Å². The molecule has 0 aromatic heterocycles. The van der Waals surface area contributed by atoms with Crippen LogP contribution in [0.2, 0.25) is 0 Å². The van der Waals surface area contributed by atoms with E-state index in [0.29, 0.717) is 0 Å². The maximum Gasteiger partial charge on any atom is 0.210 e. The number of hydrogen-bond acceptors (Lipinski definition) is 2. The van der Waals surface area contributed by atoms with Gasteiger partial charge in [0, 0.05) is 4.47 Å². The third kappa shape index (κ3) is 2.03. The average Bonchev–Trinajstić information content (AvgIpc) is 2.66. The summed E-state index contributed by atoms with van der Waals surface area (Å²) in [6.07, 6.45) is 3.32. The molecule has 0 radical (unpaired) electrons. The molecule has 1 aliphatic heterocycles. The molecule has 4 rings (SSSR count). The van der Waals surface area contributed by atoms with Crippen LogP contribution in [-0.4, -0.2) is 11.4 Å². The Bertz CT molecular complexity index is 709. The third-order valence-corrected chi connectivity index (χ3v) is 5.11. The van der Waals surface area contributed by atoms with E-state index < -0.39 is 5.60 Å². The summed E-state index contributed by atoms with van der Waals surface area (Å²) in [7, 11) is 0. The van der Waals surface area contributed by atoms with Crippen molar-refractivity contribution in [3.63, 3.8) is 0 Å². The summed E-state index contributed by atoms with van der Waals surface area (Å²) in [5.41, 5.74) is 2.75. The van der Waals surface area contributed by atoms with Crippen molar-refractivity contribution in [1.82, 2.24) is 0 Å². The van der Waals surface area contributed by atoms with E-state index in [1.165, 1.54) is 11.1 Å².